The fraction of sp³-hybridized carbons (Fsp3) is 0.667. The van der Waals surface area contributed by atoms with E-state index in [0.29, 0.717) is 24.5 Å². The molecule has 0 aliphatic rings. The Balaban J connectivity index is 2.39. The molecule has 1 amide bonds. The quantitative estimate of drug-likeness (QED) is 0.765. The number of nitrogens with one attached hydrogen (secondary N) is 1. The van der Waals surface area contributed by atoms with E-state index in [1.54, 1.807) is 0 Å². The number of aryl methyl sites for hydroxylation is 1. The summed E-state index contributed by atoms with van der Waals surface area (Å²) in [5.74, 6) is -0.0420. The smallest absolute Gasteiger partial charge is 0.226 e. The van der Waals surface area contributed by atoms with Crippen molar-refractivity contribution in [3.8, 4) is 0 Å². The third-order valence-electron chi connectivity index (χ3n) is 1.79. The zero-order valence-corrected chi connectivity index (χ0v) is 9.64. The average Bonchev–Trinajstić information content (AvgIpc) is 2.63. The van der Waals surface area contributed by atoms with Crippen LogP contribution in [-0.4, -0.2) is 22.6 Å². The molecule has 0 aliphatic heterocycles. The van der Waals surface area contributed by atoms with Gasteiger partial charge in [0.05, 0.1) is 0 Å². The van der Waals surface area contributed by atoms with Crippen LogP contribution in [0.3, 0.4) is 0 Å². The number of nitrogens with zero attached hydrogens (tertiary/aromatic N) is 2. The summed E-state index contributed by atoms with van der Waals surface area (Å²) in [5.41, 5.74) is 5.31. The largest absolute Gasteiger partial charge is 0.330 e. The van der Waals surface area contributed by atoms with Crippen molar-refractivity contribution in [2.24, 2.45) is 5.73 Å². The van der Waals surface area contributed by atoms with E-state index in [1.807, 2.05) is 0 Å². The Morgan fingerprint density at radius 3 is 3.00 bits per heavy atom. The number of hydrogen-bond acceptors (Lipinski definition) is 5. The van der Waals surface area contributed by atoms with E-state index < -0.39 is 0 Å². The van der Waals surface area contributed by atoms with Gasteiger partial charge in [-0.3, -0.25) is 4.79 Å². The first-order chi connectivity index (χ1) is 7.26. The maximum absolute atomic E-state index is 11.3. The van der Waals surface area contributed by atoms with Crippen LogP contribution in [0, 0.1) is 0 Å². The van der Waals surface area contributed by atoms with Gasteiger partial charge in [-0.05, 0) is 19.4 Å². The number of carbonyl (C=O) groups is 1. The molecule has 0 unspecified atom stereocenters. The van der Waals surface area contributed by atoms with Crippen LogP contribution in [0.25, 0.3) is 0 Å². The molecule has 84 valence electrons. The van der Waals surface area contributed by atoms with E-state index in [0.717, 1.165) is 17.8 Å². The first-order valence-electron chi connectivity index (χ1n) is 5.08. The molecule has 0 saturated carbocycles. The lowest BCUT2D eigenvalue weighted by Crippen LogP contribution is -2.13. The first kappa shape index (κ1) is 12.1. The van der Waals surface area contributed by atoms with Crippen LogP contribution in [0.1, 0.15) is 31.2 Å². The minimum absolute atomic E-state index is 0.0420. The zero-order valence-electron chi connectivity index (χ0n) is 8.82. The SMILES string of the molecule is CCCc1nnc(NC(=O)CCCN)s1. The summed E-state index contributed by atoms with van der Waals surface area (Å²) >= 11 is 1.43. The highest BCUT2D eigenvalue weighted by Crippen LogP contribution is 2.16. The summed E-state index contributed by atoms with van der Waals surface area (Å²) in [7, 11) is 0. The van der Waals surface area contributed by atoms with E-state index in [9.17, 15) is 4.79 Å². The molecule has 6 heteroatoms. The highest BCUT2D eigenvalue weighted by atomic mass is 32.1. The van der Waals surface area contributed by atoms with Gasteiger partial charge in [0, 0.05) is 12.8 Å². The van der Waals surface area contributed by atoms with Crippen molar-refractivity contribution in [3.63, 3.8) is 0 Å². The van der Waals surface area contributed by atoms with Gasteiger partial charge in [-0.15, -0.1) is 10.2 Å². The van der Waals surface area contributed by atoms with E-state index in [-0.39, 0.29) is 5.91 Å². The second kappa shape index (κ2) is 6.47. The van der Waals surface area contributed by atoms with Gasteiger partial charge in [0.1, 0.15) is 5.01 Å². The van der Waals surface area contributed by atoms with Gasteiger partial charge in [-0.2, -0.15) is 0 Å². The fourth-order valence-electron chi connectivity index (χ4n) is 1.06. The molecule has 5 nitrogen and oxygen atoms in total. The number of carbonyl (C=O) groups excluding carboxylic acids is 1. The molecular weight excluding hydrogens is 212 g/mol. The minimum atomic E-state index is -0.0420. The van der Waals surface area contributed by atoms with Crippen molar-refractivity contribution in [2.45, 2.75) is 32.6 Å². The van der Waals surface area contributed by atoms with Gasteiger partial charge >= 0.3 is 0 Å². The van der Waals surface area contributed by atoms with Crippen molar-refractivity contribution >= 4 is 22.4 Å². The summed E-state index contributed by atoms with van der Waals surface area (Å²) in [5, 5.41) is 12.1. The second-order valence-electron chi connectivity index (χ2n) is 3.19. The highest BCUT2D eigenvalue weighted by Gasteiger charge is 2.06. The zero-order chi connectivity index (χ0) is 11.1. The number of rotatable bonds is 6. The Kier molecular flexibility index (Phi) is 5.20. The Labute approximate surface area is 93.1 Å². The summed E-state index contributed by atoms with van der Waals surface area (Å²) in [6.07, 6.45) is 3.09. The van der Waals surface area contributed by atoms with E-state index in [2.05, 4.69) is 22.4 Å². The lowest BCUT2D eigenvalue weighted by atomic mass is 10.3. The van der Waals surface area contributed by atoms with Gasteiger partial charge in [-0.1, -0.05) is 18.3 Å². The normalized spacial score (nSPS) is 10.3. The average molecular weight is 228 g/mol. The van der Waals surface area contributed by atoms with Crippen molar-refractivity contribution in [3.05, 3.63) is 5.01 Å². The first-order valence-corrected chi connectivity index (χ1v) is 5.90. The predicted octanol–water partition coefficient (Wildman–Crippen LogP) is 1.17. The third-order valence-corrected chi connectivity index (χ3v) is 2.68. The molecule has 1 rings (SSSR count). The van der Waals surface area contributed by atoms with Crippen LogP contribution in [0.5, 0.6) is 0 Å². The van der Waals surface area contributed by atoms with Crippen molar-refractivity contribution in [1.29, 1.82) is 0 Å². The Morgan fingerprint density at radius 2 is 2.33 bits per heavy atom. The molecule has 0 saturated heterocycles. The number of amides is 1. The van der Waals surface area contributed by atoms with Crippen LogP contribution in [-0.2, 0) is 11.2 Å². The topological polar surface area (TPSA) is 80.9 Å². The molecule has 0 aliphatic carbocycles. The lowest BCUT2D eigenvalue weighted by molar-refractivity contribution is -0.116. The second-order valence-corrected chi connectivity index (χ2v) is 4.25. The standard InChI is InChI=1S/C9H16N4OS/c1-2-4-8-12-13-9(15-8)11-7(14)5-3-6-10/h2-6,10H2,1H3,(H,11,13,14). The lowest BCUT2D eigenvalue weighted by Gasteiger charge is -1.98. The molecule has 1 aromatic heterocycles. The monoisotopic (exact) mass is 228 g/mol. The Morgan fingerprint density at radius 1 is 1.53 bits per heavy atom. The molecule has 1 heterocycles. The fourth-order valence-corrected chi connectivity index (χ4v) is 1.92. The maximum Gasteiger partial charge on any atom is 0.226 e. The van der Waals surface area contributed by atoms with Gasteiger partial charge in [0.25, 0.3) is 0 Å². The molecule has 0 spiro atoms. The van der Waals surface area contributed by atoms with Crippen molar-refractivity contribution in [2.75, 3.05) is 11.9 Å². The van der Waals surface area contributed by atoms with Crippen LogP contribution in [0.15, 0.2) is 0 Å². The van der Waals surface area contributed by atoms with Gasteiger partial charge in [0.15, 0.2) is 0 Å². The number of anilines is 1. The maximum atomic E-state index is 11.3. The molecule has 0 radical (unpaired) electrons. The van der Waals surface area contributed by atoms with Crippen LogP contribution >= 0.6 is 11.3 Å². The van der Waals surface area contributed by atoms with Gasteiger partial charge in [-0.25, -0.2) is 0 Å². The molecule has 15 heavy (non-hydrogen) atoms. The van der Waals surface area contributed by atoms with E-state index in [1.165, 1.54) is 11.3 Å². The Bertz CT molecular complexity index is 313. The summed E-state index contributed by atoms with van der Waals surface area (Å²) < 4.78 is 0. The van der Waals surface area contributed by atoms with Crippen molar-refractivity contribution in [1.82, 2.24) is 10.2 Å². The van der Waals surface area contributed by atoms with Gasteiger partial charge < -0.3 is 11.1 Å². The molecule has 0 bridgehead atoms. The van der Waals surface area contributed by atoms with E-state index >= 15 is 0 Å². The minimum Gasteiger partial charge on any atom is -0.330 e. The van der Waals surface area contributed by atoms with Crippen LogP contribution in [0.4, 0.5) is 5.13 Å². The predicted molar refractivity (Wildman–Crippen MR) is 60.8 cm³/mol. The summed E-state index contributed by atoms with van der Waals surface area (Å²) in [4.78, 5) is 11.3. The molecular formula is C9H16N4OS. The van der Waals surface area contributed by atoms with Gasteiger partial charge in [0.2, 0.25) is 11.0 Å². The van der Waals surface area contributed by atoms with Crippen molar-refractivity contribution < 1.29 is 4.79 Å². The van der Waals surface area contributed by atoms with Crippen LogP contribution in [0.2, 0.25) is 0 Å². The molecule has 3 N–H and O–H groups in total. The molecule has 1 aromatic rings. The number of nitrogens with two attached hydrogens (primary N) is 1. The highest BCUT2D eigenvalue weighted by molar-refractivity contribution is 7.15. The third kappa shape index (κ3) is 4.35. The summed E-state index contributed by atoms with van der Waals surface area (Å²) in [6, 6.07) is 0. The number of aromatic nitrogens is 2. The molecule has 0 atom stereocenters. The van der Waals surface area contributed by atoms with E-state index in [4.69, 9.17) is 5.73 Å². The molecule has 0 fully saturated rings. The Hall–Kier alpha value is -1.01. The molecule has 0 aromatic carbocycles. The number of hydrogen-bond donors (Lipinski definition) is 2. The summed E-state index contributed by atoms with van der Waals surface area (Å²) in [6.45, 7) is 2.62. The van der Waals surface area contributed by atoms with Crippen LogP contribution < -0.4 is 11.1 Å².